The first-order valence-electron chi connectivity index (χ1n) is 2.41. The summed E-state index contributed by atoms with van der Waals surface area (Å²) < 4.78 is 0. The SMILES string of the molecule is CC1(C)C(=O)NC1=O. The molecule has 0 atom stereocenters. The molecule has 3 nitrogen and oxygen atoms in total. The first-order valence-corrected chi connectivity index (χ1v) is 2.41. The smallest absolute Gasteiger partial charge is 0.241 e. The van der Waals surface area contributed by atoms with E-state index in [9.17, 15) is 9.59 Å². The Bertz CT molecular complexity index is 144. The van der Waals surface area contributed by atoms with Gasteiger partial charge in [-0.3, -0.25) is 14.9 Å². The quantitative estimate of drug-likeness (QED) is 0.345. The Morgan fingerprint density at radius 2 is 1.62 bits per heavy atom. The van der Waals surface area contributed by atoms with Crippen LogP contribution in [0.15, 0.2) is 0 Å². The number of carbonyl (C=O) groups excluding carboxylic acids is 2. The molecule has 0 bridgehead atoms. The Morgan fingerprint density at radius 3 is 1.62 bits per heavy atom. The highest BCUT2D eigenvalue weighted by Gasteiger charge is 2.46. The van der Waals surface area contributed by atoms with Gasteiger partial charge in [0.2, 0.25) is 11.8 Å². The molecule has 1 N–H and O–H groups in total. The first kappa shape index (κ1) is 5.28. The number of β-lactam (4-membered cyclic amide) rings is 2. The number of hydrogen-bond acceptors (Lipinski definition) is 2. The Balaban J connectivity index is 2.81. The van der Waals surface area contributed by atoms with E-state index < -0.39 is 5.41 Å². The van der Waals surface area contributed by atoms with Crippen molar-refractivity contribution in [1.29, 1.82) is 0 Å². The van der Waals surface area contributed by atoms with E-state index in [0.29, 0.717) is 0 Å². The molecule has 1 aliphatic heterocycles. The van der Waals surface area contributed by atoms with E-state index in [4.69, 9.17) is 0 Å². The van der Waals surface area contributed by atoms with E-state index in [1.54, 1.807) is 13.8 Å². The highest BCUT2D eigenvalue weighted by atomic mass is 16.2. The maximum atomic E-state index is 10.4. The summed E-state index contributed by atoms with van der Waals surface area (Å²) in [6, 6.07) is 0. The van der Waals surface area contributed by atoms with Gasteiger partial charge in [0.05, 0.1) is 0 Å². The Hall–Kier alpha value is -0.860. The summed E-state index contributed by atoms with van der Waals surface area (Å²) in [7, 11) is 0. The van der Waals surface area contributed by atoms with Crippen LogP contribution in [0.2, 0.25) is 0 Å². The molecular formula is C5H7NO2. The third-order valence-corrected chi connectivity index (χ3v) is 1.36. The minimum atomic E-state index is -0.750. The number of hydrogen-bond donors (Lipinski definition) is 1. The zero-order valence-corrected chi connectivity index (χ0v) is 4.82. The van der Waals surface area contributed by atoms with Crippen LogP contribution in [0.5, 0.6) is 0 Å². The van der Waals surface area contributed by atoms with Crippen LogP contribution in [-0.2, 0) is 9.59 Å². The molecule has 0 unspecified atom stereocenters. The molecule has 0 radical (unpaired) electrons. The summed E-state index contributed by atoms with van der Waals surface area (Å²) in [6.07, 6.45) is 0. The van der Waals surface area contributed by atoms with Crippen LogP contribution in [-0.4, -0.2) is 11.8 Å². The number of rotatable bonds is 0. The second-order valence-corrected chi connectivity index (χ2v) is 2.41. The van der Waals surface area contributed by atoms with Gasteiger partial charge in [-0.05, 0) is 13.8 Å². The molecule has 2 amide bonds. The molecule has 0 aromatic carbocycles. The van der Waals surface area contributed by atoms with Crippen LogP contribution in [0.25, 0.3) is 0 Å². The van der Waals surface area contributed by atoms with E-state index in [2.05, 4.69) is 5.32 Å². The molecule has 0 aliphatic carbocycles. The van der Waals surface area contributed by atoms with Gasteiger partial charge >= 0.3 is 0 Å². The lowest BCUT2D eigenvalue weighted by Gasteiger charge is -2.30. The monoisotopic (exact) mass is 113 g/mol. The van der Waals surface area contributed by atoms with Gasteiger partial charge in [0, 0.05) is 0 Å². The van der Waals surface area contributed by atoms with Crippen molar-refractivity contribution in [2.45, 2.75) is 13.8 Å². The average Bonchev–Trinajstić information content (AvgIpc) is 1.68. The fourth-order valence-electron chi connectivity index (χ4n) is 0.456. The number of carbonyl (C=O) groups is 2. The third-order valence-electron chi connectivity index (χ3n) is 1.36. The van der Waals surface area contributed by atoms with Crippen molar-refractivity contribution < 1.29 is 9.59 Å². The fourth-order valence-corrected chi connectivity index (χ4v) is 0.456. The molecule has 0 saturated carbocycles. The summed E-state index contributed by atoms with van der Waals surface area (Å²) in [6.45, 7) is 3.21. The topological polar surface area (TPSA) is 46.2 Å². The van der Waals surface area contributed by atoms with E-state index in [1.165, 1.54) is 0 Å². The molecule has 0 spiro atoms. The van der Waals surface area contributed by atoms with Gasteiger partial charge in [-0.15, -0.1) is 0 Å². The molecule has 1 saturated heterocycles. The average molecular weight is 113 g/mol. The standard InChI is InChI=1S/C5H7NO2/c1-5(2)3(7)6-4(5)8/h1-2H3,(H,6,7,8). The van der Waals surface area contributed by atoms with Crippen LogP contribution < -0.4 is 5.32 Å². The second kappa shape index (κ2) is 1.10. The normalized spacial score (nSPS) is 24.2. The lowest BCUT2D eigenvalue weighted by molar-refractivity contribution is -0.154. The lowest BCUT2D eigenvalue weighted by Crippen LogP contribution is -2.60. The Morgan fingerprint density at radius 1 is 1.25 bits per heavy atom. The van der Waals surface area contributed by atoms with Crippen molar-refractivity contribution in [3.05, 3.63) is 0 Å². The van der Waals surface area contributed by atoms with Gasteiger partial charge in [0.15, 0.2) is 0 Å². The fraction of sp³-hybridized carbons (Fsp3) is 0.600. The molecule has 0 aromatic rings. The summed E-state index contributed by atoms with van der Waals surface area (Å²) >= 11 is 0. The lowest BCUT2D eigenvalue weighted by atomic mass is 9.84. The van der Waals surface area contributed by atoms with Crippen molar-refractivity contribution in [1.82, 2.24) is 5.32 Å². The predicted molar refractivity (Wildman–Crippen MR) is 26.9 cm³/mol. The highest BCUT2D eigenvalue weighted by molar-refractivity contribution is 6.21. The zero-order chi connectivity index (χ0) is 6.36. The van der Waals surface area contributed by atoms with E-state index >= 15 is 0 Å². The minimum Gasteiger partial charge on any atom is -0.295 e. The largest absolute Gasteiger partial charge is 0.295 e. The molecule has 44 valence electrons. The Kier molecular flexibility index (Phi) is 0.726. The predicted octanol–water partition coefficient (Wildman–Crippen LogP) is -0.331. The van der Waals surface area contributed by atoms with E-state index in [0.717, 1.165) is 0 Å². The van der Waals surface area contributed by atoms with Crippen LogP contribution in [0, 0.1) is 5.41 Å². The maximum absolute atomic E-state index is 10.4. The van der Waals surface area contributed by atoms with Gasteiger partial charge in [-0.25, -0.2) is 0 Å². The Labute approximate surface area is 47.1 Å². The van der Waals surface area contributed by atoms with Gasteiger partial charge in [0.1, 0.15) is 5.41 Å². The number of amides is 2. The van der Waals surface area contributed by atoms with Crippen molar-refractivity contribution >= 4 is 11.8 Å². The summed E-state index contributed by atoms with van der Waals surface area (Å²) in [5.41, 5.74) is -0.750. The molecule has 1 fully saturated rings. The number of imide groups is 1. The summed E-state index contributed by atoms with van der Waals surface area (Å²) in [5.74, 6) is -0.356. The van der Waals surface area contributed by atoms with Crippen molar-refractivity contribution in [3.63, 3.8) is 0 Å². The maximum Gasteiger partial charge on any atom is 0.241 e. The van der Waals surface area contributed by atoms with E-state index in [-0.39, 0.29) is 11.8 Å². The van der Waals surface area contributed by atoms with Crippen LogP contribution >= 0.6 is 0 Å². The van der Waals surface area contributed by atoms with Crippen LogP contribution in [0.3, 0.4) is 0 Å². The van der Waals surface area contributed by atoms with Gasteiger partial charge in [-0.1, -0.05) is 0 Å². The third kappa shape index (κ3) is 0.384. The van der Waals surface area contributed by atoms with Crippen LogP contribution in [0.4, 0.5) is 0 Å². The summed E-state index contributed by atoms with van der Waals surface area (Å²) in [4.78, 5) is 20.9. The molecule has 1 rings (SSSR count). The highest BCUT2D eigenvalue weighted by Crippen LogP contribution is 2.22. The van der Waals surface area contributed by atoms with Crippen molar-refractivity contribution in [3.8, 4) is 0 Å². The molecule has 1 aliphatic rings. The number of nitrogens with one attached hydrogen (secondary N) is 1. The first-order chi connectivity index (χ1) is 3.55. The molecular weight excluding hydrogens is 106 g/mol. The molecule has 1 heterocycles. The second-order valence-electron chi connectivity index (χ2n) is 2.41. The van der Waals surface area contributed by atoms with Gasteiger partial charge in [0.25, 0.3) is 0 Å². The van der Waals surface area contributed by atoms with Crippen LogP contribution in [0.1, 0.15) is 13.8 Å². The van der Waals surface area contributed by atoms with E-state index in [1.807, 2.05) is 0 Å². The van der Waals surface area contributed by atoms with Crippen molar-refractivity contribution in [2.75, 3.05) is 0 Å². The van der Waals surface area contributed by atoms with Gasteiger partial charge in [-0.2, -0.15) is 0 Å². The summed E-state index contributed by atoms with van der Waals surface area (Å²) in [5, 5.41) is 2.12. The van der Waals surface area contributed by atoms with Crippen molar-refractivity contribution in [2.24, 2.45) is 5.41 Å². The minimum absolute atomic E-state index is 0.178. The molecule has 3 heteroatoms. The molecule has 0 aromatic heterocycles. The molecule has 8 heavy (non-hydrogen) atoms. The van der Waals surface area contributed by atoms with Gasteiger partial charge < -0.3 is 0 Å². The zero-order valence-electron chi connectivity index (χ0n) is 4.82.